The van der Waals surface area contributed by atoms with E-state index in [2.05, 4.69) is 4.98 Å². The smallest absolute Gasteiger partial charge is 0.140 e. The second-order valence-corrected chi connectivity index (χ2v) is 3.67. The summed E-state index contributed by atoms with van der Waals surface area (Å²) >= 11 is 0. The van der Waals surface area contributed by atoms with E-state index in [1.165, 1.54) is 0 Å². The first-order valence-corrected chi connectivity index (χ1v) is 5.08. The van der Waals surface area contributed by atoms with E-state index in [0.717, 1.165) is 11.3 Å². The Morgan fingerprint density at radius 3 is 2.44 bits per heavy atom. The fourth-order valence-corrected chi connectivity index (χ4v) is 1.56. The first-order chi connectivity index (χ1) is 7.68. The molecule has 0 saturated carbocycles. The van der Waals surface area contributed by atoms with Crippen LogP contribution >= 0.6 is 0 Å². The number of rotatable bonds is 2. The molecule has 1 unspecified atom stereocenters. The third-order valence-electron chi connectivity index (χ3n) is 2.42. The fraction of sp³-hybridized carbons (Fsp3) is 0.154. The number of aliphatic hydroxyl groups excluding tert-OH is 1. The third-order valence-corrected chi connectivity index (χ3v) is 2.42. The molecular formula is C13H13NO2. The second kappa shape index (κ2) is 4.33. The van der Waals surface area contributed by atoms with Gasteiger partial charge < -0.3 is 10.2 Å². The molecule has 0 fully saturated rings. The monoisotopic (exact) mass is 215 g/mol. The van der Waals surface area contributed by atoms with Crippen LogP contribution in [0.25, 0.3) is 0 Å². The van der Waals surface area contributed by atoms with Crippen molar-refractivity contribution in [1.82, 2.24) is 4.98 Å². The number of pyridine rings is 1. The highest BCUT2D eigenvalue weighted by Crippen LogP contribution is 2.27. The summed E-state index contributed by atoms with van der Waals surface area (Å²) in [5.41, 5.74) is 1.78. The Labute approximate surface area is 94.0 Å². The van der Waals surface area contributed by atoms with Gasteiger partial charge in [-0.1, -0.05) is 30.3 Å². The molecule has 0 amide bonds. The summed E-state index contributed by atoms with van der Waals surface area (Å²) in [4.78, 5) is 4.15. The van der Waals surface area contributed by atoms with Crippen molar-refractivity contribution in [2.24, 2.45) is 0 Å². The molecule has 0 saturated heterocycles. The number of nitrogens with zero attached hydrogens (tertiary/aromatic N) is 1. The summed E-state index contributed by atoms with van der Waals surface area (Å²) < 4.78 is 0. The Hall–Kier alpha value is -1.87. The van der Waals surface area contributed by atoms with Gasteiger partial charge >= 0.3 is 0 Å². The molecule has 1 aromatic heterocycles. The molecule has 1 heterocycles. The summed E-state index contributed by atoms with van der Waals surface area (Å²) in [6.45, 7) is 1.82. The van der Waals surface area contributed by atoms with E-state index in [9.17, 15) is 10.2 Å². The zero-order chi connectivity index (χ0) is 11.5. The molecule has 16 heavy (non-hydrogen) atoms. The first kappa shape index (κ1) is 10.6. The van der Waals surface area contributed by atoms with Crippen molar-refractivity contribution in [3.63, 3.8) is 0 Å². The predicted octanol–water partition coefficient (Wildman–Crippen LogP) is 2.18. The standard InChI is InChI=1S/C13H13NO2/c1-9-7-8-11(15)12(14-9)13(16)10-5-3-2-4-6-10/h2-8,13,15-16H,1H3. The van der Waals surface area contributed by atoms with Gasteiger partial charge in [-0.25, -0.2) is 0 Å². The number of aromatic hydroxyl groups is 1. The zero-order valence-electron chi connectivity index (χ0n) is 8.96. The van der Waals surface area contributed by atoms with Crippen LogP contribution in [0, 0.1) is 6.92 Å². The summed E-state index contributed by atoms with van der Waals surface area (Å²) in [5.74, 6) is 0.0157. The molecule has 2 N–H and O–H groups in total. The van der Waals surface area contributed by atoms with Gasteiger partial charge in [0.05, 0.1) is 0 Å². The molecule has 82 valence electrons. The average molecular weight is 215 g/mol. The third kappa shape index (κ3) is 2.04. The Kier molecular flexibility index (Phi) is 2.88. The minimum Gasteiger partial charge on any atom is -0.506 e. The minimum atomic E-state index is -0.888. The van der Waals surface area contributed by atoms with Crippen molar-refractivity contribution in [3.05, 3.63) is 59.4 Å². The number of hydrogen-bond donors (Lipinski definition) is 2. The molecule has 0 aliphatic heterocycles. The molecule has 2 aromatic rings. The van der Waals surface area contributed by atoms with Crippen molar-refractivity contribution in [3.8, 4) is 5.75 Å². The normalized spacial score (nSPS) is 12.4. The van der Waals surface area contributed by atoms with E-state index in [0.29, 0.717) is 5.69 Å². The van der Waals surface area contributed by atoms with E-state index in [4.69, 9.17) is 0 Å². The van der Waals surface area contributed by atoms with Crippen LogP contribution in [-0.2, 0) is 0 Å². The topological polar surface area (TPSA) is 53.4 Å². The number of benzene rings is 1. The Morgan fingerprint density at radius 1 is 1.06 bits per heavy atom. The molecule has 0 bridgehead atoms. The predicted molar refractivity (Wildman–Crippen MR) is 61.1 cm³/mol. The lowest BCUT2D eigenvalue weighted by atomic mass is 10.1. The van der Waals surface area contributed by atoms with Crippen LogP contribution < -0.4 is 0 Å². The number of aliphatic hydroxyl groups is 1. The Balaban J connectivity index is 2.41. The quantitative estimate of drug-likeness (QED) is 0.807. The summed E-state index contributed by atoms with van der Waals surface area (Å²) in [7, 11) is 0. The van der Waals surface area contributed by atoms with Crippen molar-refractivity contribution >= 4 is 0 Å². The van der Waals surface area contributed by atoms with Gasteiger partial charge in [0.1, 0.15) is 17.5 Å². The molecule has 0 spiro atoms. The van der Waals surface area contributed by atoms with Gasteiger partial charge in [0, 0.05) is 5.69 Å². The van der Waals surface area contributed by atoms with Crippen LogP contribution in [0.2, 0.25) is 0 Å². The maximum Gasteiger partial charge on any atom is 0.140 e. The summed E-state index contributed by atoms with van der Waals surface area (Å²) in [6.07, 6.45) is -0.888. The van der Waals surface area contributed by atoms with Gasteiger partial charge in [-0.2, -0.15) is 0 Å². The van der Waals surface area contributed by atoms with Crippen molar-refractivity contribution < 1.29 is 10.2 Å². The van der Waals surface area contributed by atoms with E-state index >= 15 is 0 Å². The zero-order valence-corrected chi connectivity index (χ0v) is 8.96. The highest BCUT2D eigenvalue weighted by Gasteiger charge is 2.15. The van der Waals surface area contributed by atoms with E-state index in [1.54, 1.807) is 24.3 Å². The summed E-state index contributed by atoms with van der Waals surface area (Å²) in [6, 6.07) is 12.4. The first-order valence-electron chi connectivity index (χ1n) is 5.08. The lowest BCUT2D eigenvalue weighted by Crippen LogP contribution is -2.03. The van der Waals surface area contributed by atoms with Crippen LogP contribution in [0.3, 0.4) is 0 Å². The average Bonchev–Trinajstić information content (AvgIpc) is 2.32. The minimum absolute atomic E-state index is 0.0157. The van der Waals surface area contributed by atoms with Crippen LogP contribution in [0.1, 0.15) is 23.1 Å². The van der Waals surface area contributed by atoms with E-state index in [1.807, 2.05) is 25.1 Å². The molecule has 2 rings (SSSR count). The van der Waals surface area contributed by atoms with Gasteiger partial charge in [-0.05, 0) is 24.6 Å². The van der Waals surface area contributed by atoms with Crippen molar-refractivity contribution in [2.75, 3.05) is 0 Å². The maximum absolute atomic E-state index is 10.1. The number of hydrogen-bond acceptors (Lipinski definition) is 3. The molecule has 3 nitrogen and oxygen atoms in total. The largest absolute Gasteiger partial charge is 0.506 e. The van der Waals surface area contributed by atoms with Crippen molar-refractivity contribution in [1.29, 1.82) is 0 Å². The SMILES string of the molecule is Cc1ccc(O)c(C(O)c2ccccc2)n1. The molecule has 3 heteroatoms. The molecule has 0 aliphatic rings. The molecule has 0 aliphatic carbocycles. The van der Waals surface area contributed by atoms with Gasteiger partial charge in [0.15, 0.2) is 0 Å². The molecule has 0 radical (unpaired) electrons. The van der Waals surface area contributed by atoms with Gasteiger partial charge in [0.25, 0.3) is 0 Å². The van der Waals surface area contributed by atoms with E-state index < -0.39 is 6.10 Å². The van der Waals surface area contributed by atoms with Gasteiger partial charge in [0.2, 0.25) is 0 Å². The lowest BCUT2D eigenvalue weighted by Gasteiger charge is -2.12. The maximum atomic E-state index is 10.1. The fourth-order valence-electron chi connectivity index (χ4n) is 1.56. The highest BCUT2D eigenvalue weighted by molar-refractivity contribution is 5.35. The second-order valence-electron chi connectivity index (χ2n) is 3.67. The van der Waals surface area contributed by atoms with E-state index in [-0.39, 0.29) is 5.75 Å². The molecule has 1 atom stereocenters. The van der Waals surface area contributed by atoms with Crippen molar-refractivity contribution in [2.45, 2.75) is 13.0 Å². The van der Waals surface area contributed by atoms with Crippen LogP contribution in [0.5, 0.6) is 5.75 Å². The van der Waals surface area contributed by atoms with Crippen LogP contribution in [0.4, 0.5) is 0 Å². The van der Waals surface area contributed by atoms with Crippen LogP contribution in [-0.4, -0.2) is 15.2 Å². The number of aromatic nitrogens is 1. The number of aryl methyl sites for hydroxylation is 1. The Bertz CT molecular complexity index is 483. The van der Waals surface area contributed by atoms with Gasteiger partial charge in [-0.15, -0.1) is 0 Å². The Morgan fingerprint density at radius 2 is 1.75 bits per heavy atom. The molecule has 1 aromatic carbocycles. The van der Waals surface area contributed by atoms with Crippen LogP contribution in [0.15, 0.2) is 42.5 Å². The lowest BCUT2D eigenvalue weighted by molar-refractivity contribution is 0.210. The highest BCUT2D eigenvalue weighted by atomic mass is 16.3. The molecular weight excluding hydrogens is 202 g/mol. The summed E-state index contributed by atoms with van der Waals surface area (Å²) in [5, 5.41) is 19.7. The van der Waals surface area contributed by atoms with Gasteiger partial charge in [-0.3, -0.25) is 4.98 Å².